The van der Waals surface area contributed by atoms with Crippen LogP contribution in [0.3, 0.4) is 0 Å². The minimum Gasteiger partial charge on any atom is -0.494 e. The van der Waals surface area contributed by atoms with Gasteiger partial charge in [-0.15, -0.1) is 0 Å². The Morgan fingerprint density at radius 2 is 1.39 bits per heavy atom. The lowest BCUT2D eigenvalue weighted by Gasteiger charge is -2.20. The number of hydrogen-bond acceptors (Lipinski definition) is 3. The Bertz CT molecular complexity index is 1180. The summed E-state index contributed by atoms with van der Waals surface area (Å²) < 4.78 is 8.29. The van der Waals surface area contributed by atoms with Crippen LogP contribution >= 0.6 is 0 Å². The number of hydrogen-bond donors (Lipinski definition) is 0. The first kappa shape index (κ1) is 25.7. The van der Waals surface area contributed by atoms with Gasteiger partial charge in [-0.1, -0.05) is 99.5 Å². The van der Waals surface area contributed by atoms with Crippen molar-refractivity contribution in [2.24, 2.45) is 0 Å². The molecule has 36 heavy (non-hydrogen) atoms. The Morgan fingerprint density at radius 1 is 0.750 bits per heavy atom. The van der Waals surface area contributed by atoms with Crippen LogP contribution in [0.15, 0.2) is 84.9 Å². The third kappa shape index (κ3) is 6.64. The molecular formula is C32H39N3O. The topological polar surface area (TPSA) is 30.3 Å². The lowest BCUT2D eigenvalue weighted by Crippen LogP contribution is -2.20. The molecule has 0 atom stereocenters. The van der Waals surface area contributed by atoms with Gasteiger partial charge in [0, 0.05) is 30.8 Å². The van der Waals surface area contributed by atoms with Crippen molar-refractivity contribution < 1.29 is 4.74 Å². The second kappa shape index (κ2) is 13.1. The molecule has 1 aromatic heterocycles. The van der Waals surface area contributed by atoms with Crippen LogP contribution in [0.1, 0.15) is 50.8 Å². The van der Waals surface area contributed by atoms with E-state index in [0.717, 1.165) is 69.2 Å². The molecule has 4 aromatic rings. The average Bonchev–Trinajstić information content (AvgIpc) is 3.27. The average molecular weight is 482 g/mol. The number of aromatic nitrogens is 2. The third-order valence-corrected chi connectivity index (χ3v) is 6.45. The van der Waals surface area contributed by atoms with Crippen LogP contribution in [-0.2, 0) is 19.6 Å². The molecule has 188 valence electrons. The van der Waals surface area contributed by atoms with E-state index < -0.39 is 0 Å². The first-order chi connectivity index (χ1) is 17.7. The van der Waals surface area contributed by atoms with Gasteiger partial charge >= 0.3 is 0 Å². The molecule has 1 heterocycles. The highest BCUT2D eigenvalue weighted by Crippen LogP contribution is 2.31. The van der Waals surface area contributed by atoms with Crippen molar-refractivity contribution in [1.82, 2.24) is 14.5 Å². The summed E-state index contributed by atoms with van der Waals surface area (Å²) in [7, 11) is 2.19. The summed E-state index contributed by atoms with van der Waals surface area (Å²) in [6.45, 7) is 7.86. The van der Waals surface area contributed by atoms with Gasteiger partial charge in [0.1, 0.15) is 11.6 Å². The fourth-order valence-corrected chi connectivity index (χ4v) is 4.49. The lowest BCUT2D eigenvalue weighted by molar-refractivity contribution is 0.305. The molecular weight excluding hydrogens is 442 g/mol. The zero-order valence-corrected chi connectivity index (χ0v) is 22.0. The molecule has 0 amide bonds. The van der Waals surface area contributed by atoms with Gasteiger partial charge in [0.25, 0.3) is 0 Å². The zero-order valence-electron chi connectivity index (χ0n) is 22.0. The van der Waals surface area contributed by atoms with Crippen molar-refractivity contribution in [3.63, 3.8) is 0 Å². The number of unbranched alkanes of at least 4 members (excludes halogenated alkanes) is 2. The van der Waals surface area contributed by atoms with Crippen LogP contribution in [0.5, 0.6) is 5.75 Å². The Labute approximate surface area is 216 Å². The van der Waals surface area contributed by atoms with Crippen molar-refractivity contribution in [3.05, 3.63) is 96.2 Å². The summed E-state index contributed by atoms with van der Waals surface area (Å²) in [6.07, 6.45) is 4.51. The van der Waals surface area contributed by atoms with Gasteiger partial charge in [0.2, 0.25) is 0 Å². The first-order valence-corrected chi connectivity index (χ1v) is 13.3. The standard InChI is InChI=1S/C32H39N3O/c1-4-6-22-35-30(25-34(3)24-26-18-20-29(21-19-26)36-23-7-5-2)31(27-14-10-8-11-15-27)33-32(35)28-16-12-9-13-17-28/h8-21H,4-7,22-25H2,1-3H3. The van der Waals surface area contributed by atoms with Gasteiger partial charge < -0.3 is 9.30 Å². The van der Waals surface area contributed by atoms with Crippen LogP contribution in [-0.4, -0.2) is 28.1 Å². The molecule has 4 heteroatoms. The van der Waals surface area contributed by atoms with E-state index in [1.165, 1.54) is 22.4 Å². The molecule has 0 aliphatic rings. The second-order valence-corrected chi connectivity index (χ2v) is 9.49. The summed E-state index contributed by atoms with van der Waals surface area (Å²) in [5.74, 6) is 2.01. The van der Waals surface area contributed by atoms with Gasteiger partial charge in [0.05, 0.1) is 18.0 Å². The summed E-state index contributed by atoms with van der Waals surface area (Å²) in [4.78, 5) is 7.61. The number of rotatable bonds is 13. The minimum absolute atomic E-state index is 0.781. The monoisotopic (exact) mass is 481 g/mol. The van der Waals surface area contributed by atoms with Gasteiger partial charge in [-0.05, 0) is 37.6 Å². The van der Waals surface area contributed by atoms with E-state index in [4.69, 9.17) is 9.72 Å². The highest BCUT2D eigenvalue weighted by molar-refractivity contribution is 5.68. The van der Waals surface area contributed by atoms with Gasteiger partial charge in [0.15, 0.2) is 0 Å². The van der Waals surface area contributed by atoms with E-state index in [1.54, 1.807) is 0 Å². The maximum Gasteiger partial charge on any atom is 0.140 e. The van der Waals surface area contributed by atoms with Crippen LogP contribution in [0.25, 0.3) is 22.6 Å². The quantitative estimate of drug-likeness (QED) is 0.182. The Hall–Kier alpha value is -3.37. The van der Waals surface area contributed by atoms with Crippen molar-refractivity contribution in [2.45, 2.75) is 59.2 Å². The molecule has 0 aliphatic carbocycles. The molecule has 4 nitrogen and oxygen atoms in total. The summed E-state index contributed by atoms with van der Waals surface area (Å²) in [5, 5.41) is 0. The second-order valence-electron chi connectivity index (χ2n) is 9.49. The lowest BCUT2D eigenvalue weighted by atomic mass is 10.1. The molecule has 0 spiro atoms. The Balaban J connectivity index is 1.62. The van der Waals surface area contributed by atoms with Crippen molar-refractivity contribution in [2.75, 3.05) is 13.7 Å². The highest BCUT2D eigenvalue weighted by Gasteiger charge is 2.20. The fourth-order valence-electron chi connectivity index (χ4n) is 4.49. The number of ether oxygens (including phenoxy) is 1. The van der Waals surface area contributed by atoms with E-state index >= 15 is 0 Å². The minimum atomic E-state index is 0.781. The van der Waals surface area contributed by atoms with E-state index in [-0.39, 0.29) is 0 Å². The molecule has 3 aromatic carbocycles. The SMILES string of the molecule is CCCCOc1ccc(CN(C)Cc2c(-c3ccccc3)nc(-c3ccccc3)n2CCCC)cc1. The molecule has 0 bridgehead atoms. The largest absolute Gasteiger partial charge is 0.494 e. The van der Waals surface area contributed by atoms with Gasteiger partial charge in [-0.25, -0.2) is 4.98 Å². The molecule has 0 N–H and O–H groups in total. The van der Waals surface area contributed by atoms with E-state index in [1.807, 2.05) is 0 Å². The van der Waals surface area contributed by atoms with E-state index in [9.17, 15) is 0 Å². The van der Waals surface area contributed by atoms with Crippen molar-refractivity contribution in [1.29, 1.82) is 0 Å². The maximum absolute atomic E-state index is 5.84. The highest BCUT2D eigenvalue weighted by atomic mass is 16.5. The first-order valence-electron chi connectivity index (χ1n) is 13.3. The van der Waals surface area contributed by atoms with Crippen LogP contribution < -0.4 is 4.74 Å². The van der Waals surface area contributed by atoms with Crippen LogP contribution in [0.2, 0.25) is 0 Å². The summed E-state index contributed by atoms with van der Waals surface area (Å²) in [6, 6.07) is 29.7. The molecule has 0 aliphatic heterocycles. The summed E-state index contributed by atoms with van der Waals surface area (Å²) >= 11 is 0. The Kier molecular flexibility index (Phi) is 9.34. The molecule has 0 radical (unpaired) electrons. The smallest absolute Gasteiger partial charge is 0.140 e. The normalized spacial score (nSPS) is 11.2. The summed E-state index contributed by atoms with van der Waals surface area (Å²) in [5.41, 5.74) is 5.97. The molecule has 0 saturated carbocycles. The number of benzene rings is 3. The predicted molar refractivity (Wildman–Crippen MR) is 150 cm³/mol. The van der Waals surface area contributed by atoms with Crippen LogP contribution in [0.4, 0.5) is 0 Å². The number of imidazole rings is 1. The van der Waals surface area contributed by atoms with Gasteiger partial charge in [-0.2, -0.15) is 0 Å². The van der Waals surface area contributed by atoms with Crippen molar-refractivity contribution in [3.8, 4) is 28.4 Å². The molecule has 4 rings (SSSR count). The fraction of sp³-hybridized carbons (Fsp3) is 0.344. The molecule has 0 unspecified atom stereocenters. The van der Waals surface area contributed by atoms with E-state index in [0.29, 0.717) is 0 Å². The predicted octanol–water partition coefficient (Wildman–Crippen LogP) is 7.83. The molecule has 0 saturated heterocycles. The number of nitrogens with zero attached hydrogens (tertiary/aromatic N) is 3. The van der Waals surface area contributed by atoms with Gasteiger partial charge in [-0.3, -0.25) is 4.90 Å². The zero-order chi connectivity index (χ0) is 25.2. The Morgan fingerprint density at radius 3 is 2.03 bits per heavy atom. The third-order valence-electron chi connectivity index (χ3n) is 6.45. The van der Waals surface area contributed by atoms with Crippen molar-refractivity contribution >= 4 is 0 Å². The van der Waals surface area contributed by atoms with Crippen LogP contribution in [0, 0.1) is 0 Å². The van der Waals surface area contributed by atoms with E-state index in [2.05, 4.69) is 115 Å². The molecule has 0 fully saturated rings. The maximum atomic E-state index is 5.84.